The molecule has 1 aromatic carbocycles. The number of H-pyrrole nitrogens is 1. The molecular weight excluding hydrogens is 348 g/mol. The van der Waals surface area contributed by atoms with Gasteiger partial charge in [-0.25, -0.2) is 0 Å². The average molecular weight is 366 g/mol. The SMILES string of the molecule is O=C(NC1CC(=O)N(CCc2ccccc2)C1)c1cc(-n2cnnn2)n[nH]1. The molecule has 2 aromatic heterocycles. The minimum absolute atomic E-state index is 0.0511. The molecule has 1 fully saturated rings. The summed E-state index contributed by atoms with van der Waals surface area (Å²) in [6.45, 7) is 1.15. The number of nitrogens with zero attached hydrogens (tertiary/aromatic N) is 6. The molecule has 2 N–H and O–H groups in total. The van der Waals surface area contributed by atoms with Crippen molar-refractivity contribution >= 4 is 11.8 Å². The molecule has 0 spiro atoms. The van der Waals surface area contributed by atoms with Crippen LogP contribution in [0.5, 0.6) is 0 Å². The molecule has 138 valence electrons. The summed E-state index contributed by atoms with van der Waals surface area (Å²) in [4.78, 5) is 26.4. The third-order valence-electron chi connectivity index (χ3n) is 4.46. The minimum Gasteiger partial charge on any atom is -0.346 e. The van der Waals surface area contributed by atoms with Crippen LogP contribution in [0.1, 0.15) is 22.5 Å². The predicted octanol–water partition coefficient (Wildman–Crippen LogP) is -0.0412. The van der Waals surface area contributed by atoms with Gasteiger partial charge in [-0.1, -0.05) is 30.3 Å². The molecule has 10 nitrogen and oxygen atoms in total. The number of hydrogen-bond donors (Lipinski definition) is 2. The van der Waals surface area contributed by atoms with E-state index < -0.39 is 0 Å². The second-order valence-corrected chi connectivity index (χ2v) is 6.34. The Kier molecular flexibility index (Phi) is 4.60. The molecule has 1 aliphatic heterocycles. The Morgan fingerprint density at radius 1 is 1.30 bits per heavy atom. The van der Waals surface area contributed by atoms with Crippen LogP contribution in [0.4, 0.5) is 0 Å². The summed E-state index contributed by atoms with van der Waals surface area (Å²) in [5.41, 5.74) is 1.47. The summed E-state index contributed by atoms with van der Waals surface area (Å²) in [5.74, 6) is 0.150. The first-order chi connectivity index (χ1) is 13.2. The maximum atomic E-state index is 12.4. The van der Waals surface area contributed by atoms with Gasteiger partial charge in [-0.05, 0) is 22.4 Å². The molecule has 1 atom stereocenters. The molecule has 3 aromatic rings. The van der Waals surface area contributed by atoms with Gasteiger partial charge in [-0.3, -0.25) is 14.7 Å². The number of rotatable bonds is 6. The van der Waals surface area contributed by atoms with Gasteiger partial charge < -0.3 is 10.2 Å². The molecule has 1 aliphatic rings. The van der Waals surface area contributed by atoms with E-state index in [-0.39, 0.29) is 23.6 Å². The van der Waals surface area contributed by atoms with Gasteiger partial charge in [0.25, 0.3) is 5.91 Å². The van der Waals surface area contributed by atoms with Crippen LogP contribution in [0, 0.1) is 0 Å². The van der Waals surface area contributed by atoms with Crippen molar-refractivity contribution in [3.05, 3.63) is 54.0 Å². The van der Waals surface area contributed by atoms with E-state index in [0.717, 1.165) is 6.42 Å². The van der Waals surface area contributed by atoms with Gasteiger partial charge >= 0.3 is 0 Å². The molecule has 2 amide bonds. The topological polar surface area (TPSA) is 122 Å². The molecule has 27 heavy (non-hydrogen) atoms. The first kappa shape index (κ1) is 16.9. The molecule has 4 rings (SSSR count). The lowest BCUT2D eigenvalue weighted by atomic mass is 10.1. The fourth-order valence-corrected chi connectivity index (χ4v) is 3.07. The van der Waals surface area contributed by atoms with Crippen molar-refractivity contribution in [1.29, 1.82) is 0 Å². The lowest BCUT2D eigenvalue weighted by Gasteiger charge is -2.17. The molecule has 0 radical (unpaired) electrons. The highest BCUT2D eigenvalue weighted by atomic mass is 16.2. The number of benzene rings is 1. The van der Waals surface area contributed by atoms with Crippen molar-refractivity contribution in [2.75, 3.05) is 13.1 Å². The fraction of sp³-hybridized carbons (Fsp3) is 0.294. The third kappa shape index (κ3) is 3.84. The smallest absolute Gasteiger partial charge is 0.269 e. The van der Waals surface area contributed by atoms with E-state index in [1.807, 2.05) is 30.3 Å². The monoisotopic (exact) mass is 366 g/mol. The number of carbonyl (C=O) groups excluding carboxylic acids is 2. The van der Waals surface area contributed by atoms with E-state index in [4.69, 9.17) is 0 Å². The number of aromatic nitrogens is 6. The quantitative estimate of drug-likeness (QED) is 0.631. The van der Waals surface area contributed by atoms with Gasteiger partial charge in [0.2, 0.25) is 5.91 Å². The van der Waals surface area contributed by atoms with E-state index >= 15 is 0 Å². The van der Waals surface area contributed by atoms with E-state index in [1.165, 1.54) is 16.6 Å². The van der Waals surface area contributed by atoms with E-state index in [1.54, 1.807) is 11.0 Å². The zero-order chi connectivity index (χ0) is 18.6. The van der Waals surface area contributed by atoms with Crippen LogP contribution in [0.25, 0.3) is 5.82 Å². The van der Waals surface area contributed by atoms with Crippen LogP contribution in [0.3, 0.4) is 0 Å². The van der Waals surface area contributed by atoms with E-state index in [0.29, 0.717) is 25.3 Å². The number of tetrazole rings is 1. The fourth-order valence-electron chi connectivity index (χ4n) is 3.07. The molecule has 0 bridgehead atoms. The Morgan fingerprint density at radius 3 is 2.93 bits per heavy atom. The van der Waals surface area contributed by atoms with Crippen molar-refractivity contribution in [3.8, 4) is 5.82 Å². The van der Waals surface area contributed by atoms with Gasteiger partial charge in [0.15, 0.2) is 5.82 Å². The summed E-state index contributed by atoms with van der Waals surface area (Å²) in [7, 11) is 0. The zero-order valence-corrected chi connectivity index (χ0v) is 14.4. The third-order valence-corrected chi connectivity index (χ3v) is 4.46. The lowest BCUT2D eigenvalue weighted by molar-refractivity contribution is -0.127. The van der Waals surface area contributed by atoms with Crippen molar-refractivity contribution in [2.45, 2.75) is 18.9 Å². The summed E-state index contributed by atoms with van der Waals surface area (Å²) in [5, 5.41) is 20.3. The van der Waals surface area contributed by atoms with Gasteiger partial charge in [-0.2, -0.15) is 9.78 Å². The number of hydrogen-bond acceptors (Lipinski definition) is 6. The molecule has 10 heteroatoms. The first-order valence-electron chi connectivity index (χ1n) is 8.60. The molecule has 1 saturated heterocycles. The molecule has 0 aliphatic carbocycles. The summed E-state index contributed by atoms with van der Waals surface area (Å²) in [6.07, 6.45) is 2.48. The normalized spacial score (nSPS) is 16.7. The summed E-state index contributed by atoms with van der Waals surface area (Å²) >= 11 is 0. The molecule has 1 unspecified atom stereocenters. The molecular formula is C17H18N8O2. The second-order valence-electron chi connectivity index (χ2n) is 6.34. The Labute approximate surface area is 154 Å². The Bertz CT molecular complexity index is 922. The van der Waals surface area contributed by atoms with Gasteiger partial charge in [0.05, 0.1) is 6.04 Å². The van der Waals surface area contributed by atoms with Crippen LogP contribution in [-0.4, -0.2) is 66.3 Å². The number of likely N-dealkylation sites (tertiary alicyclic amines) is 1. The molecule has 3 heterocycles. The number of nitrogens with one attached hydrogen (secondary N) is 2. The Morgan fingerprint density at radius 2 is 2.15 bits per heavy atom. The highest BCUT2D eigenvalue weighted by Gasteiger charge is 2.30. The maximum Gasteiger partial charge on any atom is 0.269 e. The van der Waals surface area contributed by atoms with Crippen LogP contribution in [0.2, 0.25) is 0 Å². The second kappa shape index (κ2) is 7.36. The summed E-state index contributed by atoms with van der Waals surface area (Å²) < 4.78 is 1.34. The van der Waals surface area contributed by atoms with E-state index in [9.17, 15) is 9.59 Å². The van der Waals surface area contributed by atoms with Gasteiger partial charge in [0, 0.05) is 25.6 Å². The largest absolute Gasteiger partial charge is 0.346 e. The zero-order valence-electron chi connectivity index (χ0n) is 14.4. The van der Waals surface area contributed by atoms with Crippen LogP contribution >= 0.6 is 0 Å². The Hall–Kier alpha value is -3.56. The van der Waals surface area contributed by atoms with Gasteiger partial charge in [0.1, 0.15) is 12.0 Å². The van der Waals surface area contributed by atoms with Crippen LogP contribution in [0.15, 0.2) is 42.7 Å². The van der Waals surface area contributed by atoms with Crippen molar-refractivity contribution < 1.29 is 9.59 Å². The van der Waals surface area contributed by atoms with Crippen molar-refractivity contribution in [2.24, 2.45) is 0 Å². The Balaban J connectivity index is 1.32. The number of carbonyl (C=O) groups is 2. The highest BCUT2D eigenvalue weighted by molar-refractivity contribution is 5.93. The predicted molar refractivity (Wildman–Crippen MR) is 93.9 cm³/mol. The number of amides is 2. The maximum absolute atomic E-state index is 12.4. The standard InChI is InChI=1S/C17H18N8O2/c26-16-8-13(10-24(16)7-6-12-4-2-1-3-5-12)19-17(27)14-9-15(21-20-14)25-11-18-22-23-25/h1-5,9,11,13H,6-8,10H2,(H,19,27)(H,20,21). The lowest BCUT2D eigenvalue weighted by Crippen LogP contribution is -2.37. The number of aromatic amines is 1. The minimum atomic E-state index is -0.315. The van der Waals surface area contributed by atoms with Crippen molar-refractivity contribution in [1.82, 2.24) is 40.6 Å². The summed E-state index contributed by atoms with van der Waals surface area (Å²) in [6, 6.07) is 11.4. The van der Waals surface area contributed by atoms with Crippen LogP contribution in [-0.2, 0) is 11.2 Å². The first-order valence-corrected chi connectivity index (χ1v) is 8.60. The van der Waals surface area contributed by atoms with Crippen molar-refractivity contribution in [3.63, 3.8) is 0 Å². The van der Waals surface area contributed by atoms with Gasteiger partial charge in [-0.15, -0.1) is 5.10 Å². The average Bonchev–Trinajstić information content (AvgIpc) is 3.42. The molecule has 0 saturated carbocycles. The van der Waals surface area contributed by atoms with Crippen LogP contribution < -0.4 is 5.32 Å². The highest BCUT2D eigenvalue weighted by Crippen LogP contribution is 2.13. The van der Waals surface area contributed by atoms with E-state index in [2.05, 4.69) is 31.0 Å².